The van der Waals surface area contributed by atoms with Gasteiger partial charge in [0.15, 0.2) is 0 Å². The first kappa shape index (κ1) is 13.1. The zero-order chi connectivity index (χ0) is 13.8. The summed E-state index contributed by atoms with van der Waals surface area (Å²) in [7, 11) is 1.68. The molecule has 1 saturated heterocycles. The fourth-order valence-corrected chi connectivity index (χ4v) is 2.89. The van der Waals surface area contributed by atoms with Crippen LogP contribution in [0.15, 0.2) is 30.6 Å². The molecular formula is C14H19N5O. The average molecular weight is 273 g/mol. The Morgan fingerprint density at radius 2 is 2.20 bits per heavy atom. The molecule has 2 heterocycles. The van der Waals surface area contributed by atoms with E-state index in [9.17, 15) is 0 Å². The van der Waals surface area contributed by atoms with Crippen LogP contribution in [0.25, 0.3) is 0 Å². The van der Waals surface area contributed by atoms with Crippen LogP contribution >= 0.6 is 0 Å². The third-order valence-corrected chi connectivity index (χ3v) is 3.89. The van der Waals surface area contributed by atoms with Crippen LogP contribution in [0, 0.1) is 5.92 Å². The molecule has 106 valence electrons. The molecule has 0 bridgehead atoms. The predicted molar refractivity (Wildman–Crippen MR) is 74.5 cm³/mol. The number of piperidine rings is 1. The summed E-state index contributed by atoms with van der Waals surface area (Å²) in [6, 6.07) is 8.34. The summed E-state index contributed by atoms with van der Waals surface area (Å²) in [5.74, 6) is 1.37. The minimum Gasteiger partial charge on any atom is -0.497 e. The number of tetrazole rings is 1. The van der Waals surface area contributed by atoms with E-state index in [0.29, 0.717) is 5.92 Å². The highest BCUT2D eigenvalue weighted by atomic mass is 16.5. The lowest BCUT2D eigenvalue weighted by Crippen LogP contribution is -2.36. The van der Waals surface area contributed by atoms with Crippen molar-refractivity contribution in [3.8, 4) is 5.75 Å². The highest BCUT2D eigenvalue weighted by molar-refractivity contribution is 5.29. The highest BCUT2D eigenvalue weighted by Gasteiger charge is 2.27. The lowest BCUT2D eigenvalue weighted by Gasteiger charge is -2.30. The van der Waals surface area contributed by atoms with Crippen molar-refractivity contribution in [2.75, 3.05) is 20.2 Å². The second-order valence-corrected chi connectivity index (χ2v) is 5.11. The van der Waals surface area contributed by atoms with Gasteiger partial charge in [0.2, 0.25) is 0 Å². The van der Waals surface area contributed by atoms with Gasteiger partial charge in [-0.15, -0.1) is 5.10 Å². The number of benzene rings is 1. The quantitative estimate of drug-likeness (QED) is 0.909. The van der Waals surface area contributed by atoms with Gasteiger partial charge in [-0.3, -0.25) is 0 Å². The SMILES string of the molecule is COc1ccc([C@@H]([C@H]2CCCNC2)n2cnnn2)cc1. The zero-order valence-corrected chi connectivity index (χ0v) is 11.6. The van der Waals surface area contributed by atoms with Crippen molar-refractivity contribution in [1.29, 1.82) is 0 Å². The topological polar surface area (TPSA) is 64.9 Å². The van der Waals surface area contributed by atoms with E-state index in [1.807, 2.05) is 16.8 Å². The normalized spacial score (nSPS) is 20.6. The Kier molecular flexibility index (Phi) is 3.92. The molecule has 1 aromatic heterocycles. The van der Waals surface area contributed by atoms with Crippen LogP contribution in [-0.4, -0.2) is 40.4 Å². The number of aromatic nitrogens is 4. The maximum atomic E-state index is 5.23. The van der Waals surface area contributed by atoms with Crippen LogP contribution in [0.1, 0.15) is 24.4 Å². The largest absolute Gasteiger partial charge is 0.497 e. The number of hydrogen-bond donors (Lipinski definition) is 1. The van der Waals surface area contributed by atoms with Crippen molar-refractivity contribution in [1.82, 2.24) is 25.5 Å². The van der Waals surface area contributed by atoms with Crippen molar-refractivity contribution < 1.29 is 4.74 Å². The van der Waals surface area contributed by atoms with Gasteiger partial charge in [0.05, 0.1) is 13.2 Å². The van der Waals surface area contributed by atoms with Crippen molar-refractivity contribution in [2.45, 2.75) is 18.9 Å². The third-order valence-electron chi connectivity index (χ3n) is 3.89. The van der Waals surface area contributed by atoms with Crippen molar-refractivity contribution in [3.05, 3.63) is 36.2 Å². The Morgan fingerprint density at radius 3 is 2.80 bits per heavy atom. The monoisotopic (exact) mass is 273 g/mol. The molecule has 0 saturated carbocycles. The van der Waals surface area contributed by atoms with Gasteiger partial charge in [-0.25, -0.2) is 4.68 Å². The van der Waals surface area contributed by atoms with Crippen LogP contribution in [0.3, 0.4) is 0 Å². The molecule has 20 heavy (non-hydrogen) atoms. The van der Waals surface area contributed by atoms with Gasteiger partial charge in [-0.1, -0.05) is 12.1 Å². The fraction of sp³-hybridized carbons (Fsp3) is 0.500. The molecule has 2 aromatic rings. The number of hydrogen-bond acceptors (Lipinski definition) is 5. The molecule has 0 amide bonds. The van der Waals surface area contributed by atoms with Crippen molar-refractivity contribution in [3.63, 3.8) is 0 Å². The molecule has 6 nitrogen and oxygen atoms in total. The fourth-order valence-electron chi connectivity index (χ4n) is 2.89. The van der Waals surface area contributed by atoms with Gasteiger partial charge >= 0.3 is 0 Å². The Labute approximate surface area is 118 Å². The maximum absolute atomic E-state index is 5.23. The molecule has 1 aliphatic heterocycles. The molecule has 0 aliphatic carbocycles. The maximum Gasteiger partial charge on any atom is 0.138 e. The molecule has 3 rings (SSSR count). The minimum atomic E-state index is 0.170. The predicted octanol–water partition coefficient (Wildman–Crippen LogP) is 1.27. The number of ether oxygens (including phenoxy) is 1. The first-order chi connectivity index (χ1) is 9.88. The van der Waals surface area contributed by atoms with Crippen LogP contribution < -0.4 is 10.1 Å². The summed E-state index contributed by atoms with van der Waals surface area (Å²) in [6.45, 7) is 2.10. The van der Waals surface area contributed by atoms with E-state index >= 15 is 0 Å². The van der Waals surface area contributed by atoms with Gasteiger partial charge in [0, 0.05) is 6.54 Å². The second-order valence-electron chi connectivity index (χ2n) is 5.11. The van der Waals surface area contributed by atoms with Gasteiger partial charge in [-0.2, -0.15) is 0 Å². The molecule has 1 fully saturated rings. The molecule has 1 N–H and O–H groups in total. The Balaban J connectivity index is 1.91. The molecular weight excluding hydrogens is 254 g/mol. The van der Waals surface area contributed by atoms with Crippen molar-refractivity contribution >= 4 is 0 Å². The molecule has 1 aromatic carbocycles. The van der Waals surface area contributed by atoms with Gasteiger partial charge in [0.25, 0.3) is 0 Å². The molecule has 2 atom stereocenters. The summed E-state index contributed by atoms with van der Waals surface area (Å²) in [4.78, 5) is 0. The first-order valence-electron chi connectivity index (χ1n) is 6.95. The van der Waals surface area contributed by atoms with Crippen LogP contribution in [0.5, 0.6) is 5.75 Å². The molecule has 0 radical (unpaired) electrons. The Bertz CT molecular complexity index is 519. The number of nitrogens with zero attached hydrogens (tertiary/aromatic N) is 4. The van der Waals surface area contributed by atoms with E-state index in [4.69, 9.17) is 4.74 Å². The first-order valence-corrected chi connectivity index (χ1v) is 6.95. The average Bonchev–Trinajstić information content (AvgIpc) is 3.03. The van der Waals surface area contributed by atoms with E-state index in [1.165, 1.54) is 18.4 Å². The second kappa shape index (κ2) is 6.00. The Hall–Kier alpha value is -1.95. The van der Waals surface area contributed by atoms with E-state index in [0.717, 1.165) is 18.8 Å². The van der Waals surface area contributed by atoms with E-state index < -0.39 is 0 Å². The lowest BCUT2D eigenvalue weighted by molar-refractivity contribution is 0.278. The summed E-state index contributed by atoms with van der Waals surface area (Å²) in [5.41, 5.74) is 1.21. The van der Waals surface area contributed by atoms with Gasteiger partial charge in [0.1, 0.15) is 12.1 Å². The van der Waals surface area contributed by atoms with Crippen LogP contribution in [0.4, 0.5) is 0 Å². The lowest BCUT2D eigenvalue weighted by atomic mass is 9.87. The Morgan fingerprint density at radius 1 is 1.35 bits per heavy atom. The number of methoxy groups -OCH3 is 1. The molecule has 6 heteroatoms. The standard InChI is InChI=1S/C14H19N5O/c1-20-13-6-4-11(5-7-13)14(19-10-16-17-18-19)12-3-2-8-15-9-12/h4-7,10,12,14-15H,2-3,8-9H2,1H3/t12-,14-/m0/s1. The highest BCUT2D eigenvalue weighted by Crippen LogP contribution is 2.31. The van der Waals surface area contributed by atoms with Gasteiger partial charge in [-0.05, 0) is 53.4 Å². The van der Waals surface area contributed by atoms with E-state index in [2.05, 4.69) is 33.0 Å². The smallest absolute Gasteiger partial charge is 0.138 e. The minimum absolute atomic E-state index is 0.170. The van der Waals surface area contributed by atoms with Gasteiger partial charge < -0.3 is 10.1 Å². The molecule has 1 aliphatic rings. The number of nitrogens with one attached hydrogen (secondary N) is 1. The van der Waals surface area contributed by atoms with Crippen LogP contribution in [-0.2, 0) is 0 Å². The summed E-state index contributed by atoms with van der Waals surface area (Å²) < 4.78 is 7.09. The summed E-state index contributed by atoms with van der Waals surface area (Å²) in [6.07, 6.45) is 4.08. The van der Waals surface area contributed by atoms with E-state index in [1.54, 1.807) is 13.4 Å². The molecule has 0 unspecified atom stereocenters. The summed E-state index contributed by atoms with van der Waals surface area (Å²) >= 11 is 0. The zero-order valence-electron chi connectivity index (χ0n) is 11.6. The van der Waals surface area contributed by atoms with Crippen LogP contribution in [0.2, 0.25) is 0 Å². The molecule has 0 spiro atoms. The number of rotatable bonds is 4. The van der Waals surface area contributed by atoms with Crippen molar-refractivity contribution in [2.24, 2.45) is 5.92 Å². The van der Waals surface area contributed by atoms with E-state index in [-0.39, 0.29) is 6.04 Å². The summed E-state index contributed by atoms with van der Waals surface area (Å²) in [5, 5.41) is 15.1. The third kappa shape index (κ3) is 2.65.